The molecule has 2 rings (SSSR count). The third kappa shape index (κ3) is 2.91. The third-order valence-electron chi connectivity index (χ3n) is 2.63. The van der Waals surface area contributed by atoms with Gasteiger partial charge in [-0.25, -0.2) is 0 Å². The van der Waals surface area contributed by atoms with Gasteiger partial charge < -0.3 is 25.6 Å². The van der Waals surface area contributed by atoms with E-state index in [0.717, 1.165) is 11.3 Å². The van der Waals surface area contributed by atoms with Crippen molar-refractivity contribution >= 4 is 5.91 Å². The smallest absolute Gasteiger partial charge is 0.247 e. The van der Waals surface area contributed by atoms with Crippen molar-refractivity contribution in [2.24, 2.45) is 5.73 Å². The normalized spacial score (nSPS) is 15.2. The Kier molecular flexibility index (Phi) is 4.01. The highest BCUT2D eigenvalue weighted by Crippen LogP contribution is 2.33. The zero-order valence-corrected chi connectivity index (χ0v) is 9.89. The SMILES string of the molecule is NC(=O)C(O)CNCc1cccc2c1OCCO2. The number of para-hydroxylation sites is 1. The van der Waals surface area contributed by atoms with Crippen molar-refractivity contribution in [3.63, 3.8) is 0 Å². The van der Waals surface area contributed by atoms with E-state index >= 15 is 0 Å². The van der Waals surface area contributed by atoms with Gasteiger partial charge in [-0.05, 0) is 6.07 Å². The van der Waals surface area contributed by atoms with Crippen LogP contribution in [-0.4, -0.2) is 36.9 Å². The number of carbonyl (C=O) groups excluding carboxylic acids is 1. The number of nitrogens with two attached hydrogens (primary N) is 1. The topological polar surface area (TPSA) is 93.8 Å². The molecule has 1 heterocycles. The second-order valence-corrected chi connectivity index (χ2v) is 3.99. The first-order chi connectivity index (χ1) is 8.68. The molecule has 0 saturated carbocycles. The van der Waals surface area contributed by atoms with Crippen LogP contribution in [-0.2, 0) is 11.3 Å². The maximum absolute atomic E-state index is 10.7. The lowest BCUT2D eigenvalue weighted by molar-refractivity contribution is -0.125. The van der Waals surface area contributed by atoms with Crippen LogP contribution in [0, 0.1) is 0 Å². The average Bonchev–Trinajstić information content (AvgIpc) is 2.38. The Hall–Kier alpha value is -1.79. The number of hydrogen-bond acceptors (Lipinski definition) is 5. The van der Waals surface area contributed by atoms with Gasteiger partial charge in [-0.2, -0.15) is 0 Å². The minimum atomic E-state index is -1.18. The van der Waals surface area contributed by atoms with Gasteiger partial charge in [-0.1, -0.05) is 12.1 Å². The Balaban J connectivity index is 1.95. The highest BCUT2D eigenvalue weighted by molar-refractivity contribution is 5.78. The fourth-order valence-corrected chi connectivity index (χ4v) is 1.72. The van der Waals surface area contributed by atoms with Crippen LogP contribution < -0.4 is 20.5 Å². The van der Waals surface area contributed by atoms with E-state index in [0.29, 0.717) is 25.5 Å². The molecule has 1 amide bonds. The number of hydrogen-bond donors (Lipinski definition) is 3. The second kappa shape index (κ2) is 5.70. The maximum atomic E-state index is 10.7. The summed E-state index contributed by atoms with van der Waals surface area (Å²) in [4.78, 5) is 10.7. The van der Waals surface area contributed by atoms with Crippen LogP contribution in [0.4, 0.5) is 0 Å². The first-order valence-corrected chi connectivity index (χ1v) is 5.74. The van der Waals surface area contributed by atoms with Crippen LogP contribution >= 0.6 is 0 Å². The van der Waals surface area contributed by atoms with E-state index < -0.39 is 12.0 Å². The van der Waals surface area contributed by atoms with Gasteiger partial charge in [0.1, 0.15) is 19.3 Å². The molecule has 0 saturated heterocycles. The van der Waals surface area contributed by atoms with Crippen LogP contribution in [0.2, 0.25) is 0 Å². The fraction of sp³-hybridized carbons (Fsp3) is 0.417. The van der Waals surface area contributed by atoms with Crippen molar-refractivity contribution < 1.29 is 19.4 Å². The lowest BCUT2D eigenvalue weighted by Gasteiger charge is -2.21. The van der Waals surface area contributed by atoms with E-state index in [1.807, 2.05) is 18.2 Å². The summed E-state index contributed by atoms with van der Waals surface area (Å²) in [5, 5.41) is 12.2. The summed E-state index contributed by atoms with van der Waals surface area (Å²) in [6.45, 7) is 1.65. The van der Waals surface area contributed by atoms with Crippen LogP contribution in [0.3, 0.4) is 0 Å². The van der Waals surface area contributed by atoms with Crippen LogP contribution in [0.25, 0.3) is 0 Å². The van der Waals surface area contributed by atoms with Gasteiger partial charge in [-0.3, -0.25) is 4.79 Å². The summed E-state index contributed by atoms with van der Waals surface area (Å²) in [5.41, 5.74) is 5.87. The van der Waals surface area contributed by atoms with Crippen molar-refractivity contribution in [1.82, 2.24) is 5.32 Å². The van der Waals surface area contributed by atoms with Gasteiger partial charge in [0.05, 0.1) is 0 Å². The summed E-state index contributed by atoms with van der Waals surface area (Å²) >= 11 is 0. The Morgan fingerprint density at radius 2 is 2.22 bits per heavy atom. The number of fused-ring (bicyclic) bond motifs is 1. The lowest BCUT2D eigenvalue weighted by Crippen LogP contribution is -2.37. The van der Waals surface area contributed by atoms with Crippen molar-refractivity contribution in [2.75, 3.05) is 19.8 Å². The van der Waals surface area contributed by atoms with Crippen LogP contribution in [0.5, 0.6) is 11.5 Å². The molecule has 0 spiro atoms. The highest BCUT2D eigenvalue weighted by Gasteiger charge is 2.16. The molecule has 0 aromatic heterocycles. The van der Waals surface area contributed by atoms with Crippen LogP contribution in [0.15, 0.2) is 18.2 Å². The summed E-state index contributed by atoms with van der Waals surface area (Å²) in [7, 11) is 0. The quantitative estimate of drug-likeness (QED) is 0.650. The summed E-state index contributed by atoms with van der Waals surface area (Å²) in [6, 6.07) is 5.61. The zero-order chi connectivity index (χ0) is 13.0. The van der Waals surface area contributed by atoms with Gasteiger partial charge in [0, 0.05) is 18.7 Å². The molecule has 1 unspecified atom stereocenters. The number of benzene rings is 1. The van der Waals surface area contributed by atoms with E-state index in [-0.39, 0.29) is 6.54 Å². The molecule has 6 nitrogen and oxygen atoms in total. The molecule has 1 aromatic carbocycles. The van der Waals surface area contributed by atoms with Crippen molar-refractivity contribution in [3.8, 4) is 11.5 Å². The second-order valence-electron chi connectivity index (χ2n) is 3.99. The maximum Gasteiger partial charge on any atom is 0.247 e. The fourth-order valence-electron chi connectivity index (χ4n) is 1.72. The number of carbonyl (C=O) groups is 1. The molecule has 1 aliphatic rings. The zero-order valence-electron chi connectivity index (χ0n) is 9.89. The molecule has 4 N–H and O–H groups in total. The monoisotopic (exact) mass is 252 g/mol. The molecule has 0 radical (unpaired) electrons. The van der Waals surface area contributed by atoms with Gasteiger partial charge >= 0.3 is 0 Å². The predicted molar refractivity (Wildman–Crippen MR) is 64.3 cm³/mol. The molecular formula is C12H16N2O4. The molecule has 0 fully saturated rings. The van der Waals surface area contributed by atoms with Gasteiger partial charge in [0.25, 0.3) is 0 Å². The number of aliphatic hydroxyl groups is 1. The lowest BCUT2D eigenvalue weighted by atomic mass is 10.1. The third-order valence-corrected chi connectivity index (χ3v) is 2.63. The Morgan fingerprint density at radius 3 is 3.00 bits per heavy atom. The Labute approximate surface area is 105 Å². The van der Waals surface area contributed by atoms with E-state index in [9.17, 15) is 9.90 Å². The highest BCUT2D eigenvalue weighted by atomic mass is 16.6. The molecule has 6 heteroatoms. The van der Waals surface area contributed by atoms with Gasteiger partial charge in [0.15, 0.2) is 11.5 Å². The first kappa shape index (κ1) is 12.7. The largest absolute Gasteiger partial charge is 0.486 e. The van der Waals surface area contributed by atoms with E-state index in [4.69, 9.17) is 15.2 Å². The Bertz CT molecular complexity index is 436. The number of ether oxygens (including phenoxy) is 2. The number of rotatable bonds is 5. The minimum absolute atomic E-state index is 0.111. The minimum Gasteiger partial charge on any atom is -0.486 e. The van der Waals surface area contributed by atoms with Crippen molar-refractivity contribution in [1.29, 1.82) is 0 Å². The number of aliphatic hydroxyl groups excluding tert-OH is 1. The number of amides is 1. The van der Waals surface area contributed by atoms with Gasteiger partial charge in [-0.15, -0.1) is 0 Å². The molecule has 0 bridgehead atoms. The first-order valence-electron chi connectivity index (χ1n) is 5.74. The molecule has 1 aromatic rings. The van der Waals surface area contributed by atoms with E-state index in [1.54, 1.807) is 0 Å². The molecule has 0 aliphatic carbocycles. The molecule has 18 heavy (non-hydrogen) atoms. The predicted octanol–water partition coefficient (Wildman–Crippen LogP) is -0.606. The summed E-state index contributed by atoms with van der Waals surface area (Å²) in [5.74, 6) is 0.693. The number of primary amides is 1. The van der Waals surface area contributed by atoms with Crippen LogP contribution in [0.1, 0.15) is 5.56 Å². The van der Waals surface area contributed by atoms with E-state index in [1.165, 1.54) is 0 Å². The molecule has 1 atom stereocenters. The number of nitrogens with one attached hydrogen (secondary N) is 1. The average molecular weight is 252 g/mol. The molecule has 98 valence electrons. The summed E-state index contributed by atoms with van der Waals surface area (Å²) in [6.07, 6.45) is -1.18. The van der Waals surface area contributed by atoms with E-state index in [2.05, 4.69) is 5.32 Å². The molecule has 1 aliphatic heterocycles. The van der Waals surface area contributed by atoms with Gasteiger partial charge in [0.2, 0.25) is 5.91 Å². The standard InChI is InChI=1S/C12H16N2O4/c13-12(16)9(15)7-14-6-8-2-1-3-10-11(8)18-5-4-17-10/h1-3,9,14-15H,4-7H2,(H2,13,16). The molecular weight excluding hydrogens is 236 g/mol. The summed E-state index contributed by atoms with van der Waals surface area (Å²) < 4.78 is 11.0. The van der Waals surface area contributed by atoms with Crippen molar-refractivity contribution in [2.45, 2.75) is 12.6 Å². The van der Waals surface area contributed by atoms with Crippen molar-refractivity contribution in [3.05, 3.63) is 23.8 Å². The Morgan fingerprint density at radius 1 is 1.44 bits per heavy atom.